The van der Waals surface area contributed by atoms with Crippen LogP contribution in [0.25, 0.3) is 0 Å². The van der Waals surface area contributed by atoms with E-state index in [0.29, 0.717) is 24.7 Å². The highest BCUT2D eigenvalue weighted by Gasteiger charge is 2.27. The van der Waals surface area contributed by atoms with Crippen LogP contribution in [0, 0.1) is 10.1 Å². The number of hydrogen-bond acceptors (Lipinski definition) is 8. The number of nitrogens with one attached hydrogen (secondary N) is 3. The molecule has 1 aliphatic heterocycles. The largest absolute Gasteiger partial charge is 0.485 e. The number of para-hydroxylation sites is 2. The van der Waals surface area contributed by atoms with Crippen molar-refractivity contribution >= 4 is 23.2 Å². The average Bonchev–Trinajstić information content (AvgIpc) is 2.77. The summed E-state index contributed by atoms with van der Waals surface area (Å²) in [5.41, 5.74) is 4.45. The second-order valence-corrected chi connectivity index (χ2v) is 6.22. The number of fused-ring (bicyclic) bond motifs is 1. The van der Waals surface area contributed by atoms with Crippen LogP contribution in [0.4, 0.5) is 11.4 Å². The monoisotopic (exact) mass is 416 g/mol. The number of amides is 2. The summed E-state index contributed by atoms with van der Waals surface area (Å²) in [4.78, 5) is 35.3. The first-order valence-corrected chi connectivity index (χ1v) is 8.99. The zero-order chi connectivity index (χ0) is 21.5. The molecule has 0 bridgehead atoms. The number of hydrogen-bond donors (Lipinski definition) is 3. The van der Waals surface area contributed by atoms with Crippen LogP contribution in [0.1, 0.15) is 10.4 Å². The van der Waals surface area contributed by atoms with Gasteiger partial charge in [0.15, 0.2) is 11.5 Å². The summed E-state index contributed by atoms with van der Waals surface area (Å²) >= 11 is 0. The van der Waals surface area contributed by atoms with E-state index in [0.717, 1.165) is 6.07 Å². The van der Waals surface area contributed by atoms with Gasteiger partial charge in [0.25, 0.3) is 17.5 Å². The van der Waals surface area contributed by atoms with E-state index in [4.69, 9.17) is 14.2 Å². The van der Waals surface area contributed by atoms with Crippen molar-refractivity contribution in [2.75, 3.05) is 32.2 Å². The van der Waals surface area contributed by atoms with E-state index in [1.54, 1.807) is 24.3 Å². The Labute approximate surface area is 171 Å². The normalized spacial score (nSPS) is 14.5. The van der Waals surface area contributed by atoms with Gasteiger partial charge in [-0.3, -0.25) is 30.6 Å². The highest BCUT2D eigenvalue weighted by Crippen LogP contribution is 2.30. The van der Waals surface area contributed by atoms with Crippen molar-refractivity contribution in [2.24, 2.45) is 0 Å². The topological polar surface area (TPSA) is 141 Å². The fourth-order valence-corrected chi connectivity index (χ4v) is 2.68. The molecule has 1 unspecified atom stereocenters. The summed E-state index contributed by atoms with van der Waals surface area (Å²) in [7, 11) is 1.51. The van der Waals surface area contributed by atoms with Crippen molar-refractivity contribution in [3.8, 4) is 11.5 Å². The fourth-order valence-electron chi connectivity index (χ4n) is 2.68. The lowest BCUT2D eigenvalue weighted by Gasteiger charge is -2.25. The maximum atomic E-state index is 12.3. The number of methoxy groups -OCH3 is 1. The van der Waals surface area contributed by atoms with Gasteiger partial charge >= 0.3 is 0 Å². The molecule has 2 aromatic carbocycles. The maximum Gasteiger partial charge on any atom is 0.293 e. The number of carbonyl (C=O) groups excluding carboxylic acids is 2. The Hall–Kier alpha value is -3.86. The van der Waals surface area contributed by atoms with Gasteiger partial charge in [-0.2, -0.15) is 0 Å². The summed E-state index contributed by atoms with van der Waals surface area (Å²) in [5, 5.41) is 14.2. The molecule has 3 N–H and O–H groups in total. The molecular weight excluding hydrogens is 396 g/mol. The highest BCUT2D eigenvalue weighted by atomic mass is 16.6. The molecule has 0 spiro atoms. The van der Waals surface area contributed by atoms with Gasteiger partial charge in [0.05, 0.1) is 11.5 Å². The SMILES string of the molecule is COCCNc1ccc(C(=O)NNC(=O)C2COc3ccccc3O2)cc1[N+](=O)[O-]. The number of nitro groups is 1. The Balaban J connectivity index is 1.60. The van der Waals surface area contributed by atoms with E-state index in [9.17, 15) is 19.7 Å². The van der Waals surface area contributed by atoms with Crippen LogP contribution in [0.15, 0.2) is 42.5 Å². The first-order valence-electron chi connectivity index (χ1n) is 8.99. The fraction of sp³-hybridized carbons (Fsp3) is 0.263. The molecule has 2 aromatic rings. The highest BCUT2D eigenvalue weighted by molar-refractivity contribution is 5.97. The van der Waals surface area contributed by atoms with Gasteiger partial charge < -0.3 is 19.5 Å². The lowest BCUT2D eigenvalue weighted by molar-refractivity contribution is -0.384. The first-order chi connectivity index (χ1) is 14.5. The maximum absolute atomic E-state index is 12.3. The Kier molecular flexibility index (Phi) is 6.65. The second kappa shape index (κ2) is 9.56. The molecule has 0 saturated carbocycles. The van der Waals surface area contributed by atoms with Crippen LogP contribution in [0.3, 0.4) is 0 Å². The minimum absolute atomic E-state index is 0.00505. The van der Waals surface area contributed by atoms with Crippen LogP contribution in [0.5, 0.6) is 11.5 Å². The molecule has 11 heteroatoms. The van der Waals surface area contributed by atoms with Crippen molar-refractivity contribution < 1.29 is 28.7 Å². The number of rotatable bonds is 7. The van der Waals surface area contributed by atoms with Crippen molar-refractivity contribution in [3.05, 3.63) is 58.1 Å². The quantitative estimate of drug-likeness (QED) is 0.348. The third-order valence-corrected chi connectivity index (χ3v) is 4.18. The third kappa shape index (κ3) is 4.94. The molecule has 0 radical (unpaired) electrons. The minimum atomic E-state index is -0.957. The number of hydrazine groups is 1. The minimum Gasteiger partial charge on any atom is -0.485 e. The Morgan fingerprint density at radius 1 is 1.20 bits per heavy atom. The molecular formula is C19H20N4O7. The van der Waals surface area contributed by atoms with E-state index >= 15 is 0 Å². The molecule has 1 heterocycles. The Bertz CT molecular complexity index is 950. The second-order valence-electron chi connectivity index (χ2n) is 6.22. The van der Waals surface area contributed by atoms with Gasteiger partial charge in [-0.15, -0.1) is 0 Å². The van der Waals surface area contributed by atoms with Crippen LogP contribution in [-0.2, 0) is 9.53 Å². The zero-order valence-electron chi connectivity index (χ0n) is 16.0. The molecule has 2 amide bonds. The summed E-state index contributed by atoms with van der Waals surface area (Å²) < 4.78 is 15.9. The van der Waals surface area contributed by atoms with Gasteiger partial charge in [-0.1, -0.05) is 12.1 Å². The van der Waals surface area contributed by atoms with Crippen LogP contribution in [-0.4, -0.2) is 49.7 Å². The van der Waals surface area contributed by atoms with Crippen LogP contribution in [0.2, 0.25) is 0 Å². The molecule has 0 fully saturated rings. The lowest BCUT2D eigenvalue weighted by atomic mass is 10.1. The predicted molar refractivity (Wildman–Crippen MR) is 105 cm³/mol. The third-order valence-electron chi connectivity index (χ3n) is 4.18. The number of nitro benzene ring substituents is 1. The zero-order valence-corrected chi connectivity index (χ0v) is 16.0. The lowest BCUT2D eigenvalue weighted by Crippen LogP contribution is -2.50. The van der Waals surface area contributed by atoms with Crippen LogP contribution < -0.4 is 25.6 Å². The van der Waals surface area contributed by atoms with Crippen molar-refractivity contribution in [2.45, 2.75) is 6.10 Å². The molecule has 3 rings (SSSR count). The van der Waals surface area contributed by atoms with Gasteiger partial charge in [-0.25, -0.2) is 0 Å². The Morgan fingerprint density at radius 2 is 1.97 bits per heavy atom. The summed E-state index contributed by atoms with van der Waals surface area (Å²) in [6, 6.07) is 10.8. The van der Waals surface area contributed by atoms with E-state index < -0.39 is 22.8 Å². The average molecular weight is 416 g/mol. The predicted octanol–water partition coefficient (Wildman–Crippen LogP) is 1.25. The Morgan fingerprint density at radius 3 is 2.70 bits per heavy atom. The van der Waals surface area contributed by atoms with Crippen molar-refractivity contribution in [1.29, 1.82) is 0 Å². The standard InChI is InChI=1S/C19H20N4O7/c1-28-9-8-20-13-7-6-12(10-14(13)23(26)27)18(24)21-22-19(25)17-11-29-15-4-2-3-5-16(15)30-17/h2-7,10,17,20H,8-9,11H2,1H3,(H,21,24)(H,22,25). The number of anilines is 1. The number of carbonyl (C=O) groups is 2. The number of nitrogens with zero attached hydrogens (tertiary/aromatic N) is 1. The smallest absolute Gasteiger partial charge is 0.293 e. The van der Waals surface area contributed by atoms with E-state index in [1.165, 1.54) is 19.2 Å². The summed E-state index contributed by atoms with van der Waals surface area (Å²) in [6.07, 6.45) is -0.957. The van der Waals surface area contributed by atoms with Crippen molar-refractivity contribution in [3.63, 3.8) is 0 Å². The van der Waals surface area contributed by atoms with Crippen molar-refractivity contribution in [1.82, 2.24) is 10.9 Å². The first kappa shape index (κ1) is 20.9. The molecule has 11 nitrogen and oxygen atoms in total. The molecule has 158 valence electrons. The van der Waals surface area contributed by atoms with E-state index in [2.05, 4.69) is 16.2 Å². The molecule has 30 heavy (non-hydrogen) atoms. The van der Waals surface area contributed by atoms with Crippen LogP contribution >= 0.6 is 0 Å². The summed E-state index contributed by atoms with van der Waals surface area (Å²) in [6.45, 7) is 0.709. The summed E-state index contributed by atoms with van der Waals surface area (Å²) in [5.74, 6) is -0.392. The van der Waals surface area contributed by atoms with Gasteiger partial charge in [0.1, 0.15) is 12.3 Å². The molecule has 0 saturated heterocycles. The van der Waals surface area contributed by atoms with Gasteiger partial charge in [0.2, 0.25) is 6.10 Å². The van der Waals surface area contributed by atoms with E-state index in [1.807, 2.05) is 0 Å². The molecule has 1 atom stereocenters. The molecule has 1 aliphatic rings. The van der Waals surface area contributed by atoms with Gasteiger partial charge in [-0.05, 0) is 24.3 Å². The molecule has 0 aromatic heterocycles. The van der Waals surface area contributed by atoms with Gasteiger partial charge in [0, 0.05) is 25.3 Å². The van der Waals surface area contributed by atoms with E-state index in [-0.39, 0.29) is 23.5 Å². The number of benzene rings is 2. The molecule has 0 aliphatic carbocycles. The number of ether oxygens (including phenoxy) is 3.